The van der Waals surface area contributed by atoms with Gasteiger partial charge in [0.05, 0.1) is 0 Å². The second kappa shape index (κ2) is 7.49. The van der Waals surface area contributed by atoms with E-state index in [1.165, 1.54) is 37.3 Å². The van der Waals surface area contributed by atoms with Gasteiger partial charge in [0.15, 0.2) is 0 Å². The molecule has 20 heavy (non-hydrogen) atoms. The number of allylic oxidation sites excluding steroid dienone is 1. The lowest BCUT2D eigenvalue weighted by atomic mass is 10.0. The van der Waals surface area contributed by atoms with Gasteiger partial charge in [0, 0.05) is 38.4 Å². The third-order valence-electron chi connectivity index (χ3n) is 4.37. The van der Waals surface area contributed by atoms with Gasteiger partial charge in [0.25, 0.3) is 0 Å². The largest absolute Gasteiger partial charge is 0.369 e. The van der Waals surface area contributed by atoms with Gasteiger partial charge in [-0.25, -0.2) is 0 Å². The van der Waals surface area contributed by atoms with Crippen molar-refractivity contribution in [2.45, 2.75) is 26.7 Å². The second-order valence-electron chi connectivity index (χ2n) is 5.92. The van der Waals surface area contributed by atoms with Gasteiger partial charge in [-0.05, 0) is 31.4 Å². The molecule has 1 aliphatic rings. The molecular formula is C18H28N2. The maximum atomic E-state index is 3.87. The summed E-state index contributed by atoms with van der Waals surface area (Å²) >= 11 is 0. The Morgan fingerprint density at radius 3 is 2.35 bits per heavy atom. The number of benzene rings is 1. The van der Waals surface area contributed by atoms with E-state index in [4.69, 9.17) is 0 Å². The third-order valence-corrected chi connectivity index (χ3v) is 4.37. The molecule has 0 N–H and O–H groups in total. The minimum Gasteiger partial charge on any atom is -0.369 e. The zero-order valence-electron chi connectivity index (χ0n) is 13.0. The van der Waals surface area contributed by atoms with Crippen molar-refractivity contribution >= 4 is 5.69 Å². The number of hydrogen-bond acceptors (Lipinski definition) is 2. The van der Waals surface area contributed by atoms with Crippen LogP contribution in [0.1, 0.15) is 25.3 Å². The molecular weight excluding hydrogens is 244 g/mol. The van der Waals surface area contributed by atoms with Crippen LogP contribution in [0.4, 0.5) is 5.69 Å². The fourth-order valence-corrected chi connectivity index (χ4v) is 2.92. The number of aryl methyl sites for hydroxylation is 1. The topological polar surface area (TPSA) is 6.48 Å². The molecule has 1 unspecified atom stereocenters. The van der Waals surface area contributed by atoms with E-state index in [-0.39, 0.29) is 0 Å². The normalized spacial score (nSPS) is 18.0. The van der Waals surface area contributed by atoms with Gasteiger partial charge >= 0.3 is 0 Å². The first kappa shape index (κ1) is 15.1. The molecule has 0 aromatic heterocycles. The lowest BCUT2D eigenvalue weighted by Gasteiger charge is -2.37. The number of nitrogens with zero attached hydrogens (tertiary/aromatic N) is 2. The lowest BCUT2D eigenvalue weighted by molar-refractivity contribution is 0.216. The molecule has 0 aliphatic carbocycles. The van der Waals surface area contributed by atoms with Gasteiger partial charge in [-0.15, -0.1) is 6.58 Å². The van der Waals surface area contributed by atoms with Crippen LogP contribution in [0.25, 0.3) is 0 Å². The number of anilines is 1. The maximum Gasteiger partial charge on any atom is 0.0367 e. The van der Waals surface area contributed by atoms with Gasteiger partial charge in [0.1, 0.15) is 0 Å². The van der Waals surface area contributed by atoms with Crippen molar-refractivity contribution in [3.63, 3.8) is 0 Å². The highest BCUT2D eigenvalue weighted by Crippen LogP contribution is 2.18. The van der Waals surface area contributed by atoms with Crippen LogP contribution in [0.5, 0.6) is 0 Å². The van der Waals surface area contributed by atoms with E-state index in [9.17, 15) is 0 Å². The molecule has 0 saturated carbocycles. The zero-order valence-corrected chi connectivity index (χ0v) is 13.0. The van der Waals surface area contributed by atoms with Gasteiger partial charge in [-0.2, -0.15) is 0 Å². The summed E-state index contributed by atoms with van der Waals surface area (Å²) in [7, 11) is 0. The van der Waals surface area contributed by atoms with E-state index >= 15 is 0 Å². The van der Waals surface area contributed by atoms with E-state index < -0.39 is 0 Å². The van der Waals surface area contributed by atoms with Gasteiger partial charge in [0.2, 0.25) is 0 Å². The third kappa shape index (κ3) is 4.11. The van der Waals surface area contributed by atoms with E-state index in [0.29, 0.717) is 0 Å². The van der Waals surface area contributed by atoms with Crippen molar-refractivity contribution in [2.75, 3.05) is 37.6 Å². The van der Waals surface area contributed by atoms with Crippen LogP contribution < -0.4 is 4.90 Å². The summed E-state index contributed by atoms with van der Waals surface area (Å²) in [5.74, 6) is 0.776. The van der Waals surface area contributed by atoms with Crippen LogP contribution in [0.15, 0.2) is 36.9 Å². The fourth-order valence-electron chi connectivity index (χ4n) is 2.92. The highest BCUT2D eigenvalue weighted by molar-refractivity contribution is 5.47. The molecule has 2 rings (SSSR count). The number of rotatable bonds is 6. The standard InChI is InChI=1S/C18H28N2/c1-4-6-17(5-2)15-19-11-13-20(14-12-19)18-9-7-16(3)8-10-18/h4,7-10,17H,1,5-6,11-15H2,2-3H3. The molecule has 1 saturated heterocycles. The zero-order chi connectivity index (χ0) is 14.4. The van der Waals surface area contributed by atoms with Crippen molar-refractivity contribution in [2.24, 2.45) is 5.92 Å². The van der Waals surface area contributed by atoms with Crippen LogP contribution in [-0.2, 0) is 0 Å². The van der Waals surface area contributed by atoms with Crippen molar-refractivity contribution in [1.82, 2.24) is 4.90 Å². The van der Waals surface area contributed by atoms with E-state index in [1.807, 2.05) is 0 Å². The Morgan fingerprint density at radius 1 is 1.15 bits per heavy atom. The van der Waals surface area contributed by atoms with E-state index in [0.717, 1.165) is 25.4 Å². The molecule has 0 amide bonds. The molecule has 2 heteroatoms. The molecule has 2 nitrogen and oxygen atoms in total. The van der Waals surface area contributed by atoms with Crippen LogP contribution >= 0.6 is 0 Å². The van der Waals surface area contributed by atoms with Crippen LogP contribution in [0.2, 0.25) is 0 Å². The molecule has 110 valence electrons. The van der Waals surface area contributed by atoms with Crippen LogP contribution in [0.3, 0.4) is 0 Å². The Balaban J connectivity index is 1.82. The highest BCUT2D eigenvalue weighted by atomic mass is 15.3. The Labute approximate surface area is 124 Å². The summed E-state index contributed by atoms with van der Waals surface area (Å²) in [5.41, 5.74) is 2.70. The first-order chi connectivity index (χ1) is 9.72. The monoisotopic (exact) mass is 272 g/mol. The summed E-state index contributed by atoms with van der Waals surface area (Å²) in [6.45, 7) is 14.2. The fraction of sp³-hybridized carbons (Fsp3) is 0.556. The molecule has 1 atom stereocenters. The molecule has 1 heterocycles. The smallest absolute Gasteiger partial charge is 0.0367 e. The Hall–Kier alpha value is -1.28. The van der Waals surface area contributed by atoms with Crippen molar-refractivity contribution < 1.29 is 0 Å². The molecule has 1 aromatic carbocycles. The molecule has 1 aliphatic heterocycles. The molecule has 1 aromatic rings. The minimum atomic E-state index is 0.776. The summed E-state index contributed by atoms with van der Waals surface area (Å²) in [6.07, 6.45) is 4.47. The number of hydrogen-bond donors (Lipinski definition) is 0. The average molecular weight is 272 g/mol. The lowest BCUT2D eigenvalue weighted by Crippen LogP contribution is -2.47. The van der Waals surface area contributed by atoms with E-state index in [2.05, 4.69) is 60.6 Å². The second-order valence-corrected chi connectivity index (χ2v) is 5.92. The molecule has 0 spiro atoms. The SMILES string of the molecule is C=CCC(CC)CN1CCN(c2ccc(C)cc2)CC1. The maximum absolute atomic E-state index is 3.87. The van der Waals surface area contributed by atoms with Crippen LogP contribution in [0, 0.1) is 12.8 Å². The quantitative estimate of drug-likeness (QED) is 0.728. The molecule has 0 bridgehead atoms. The first-order valence-electron chi connectivity index (χ1n) is 7.87. The van der Waals surface area contributed by atoms with Gasteiger partial charge < -0.3 is 4.90 Å². The Morgan fingerprint density at radius 2 is 1.80 bits per heavy atom. The van der Waals surface area contributed by atoms with Crippen molar-refractivity contribution in [3.8, 4) is 0 Å². The Bertz CT molecular complexity index is 402. The average Bonchev–Trinajstić information content (AvgIpc) is 2.48. The minimum absolute atomic E-state index is 0.776. The summed E-state index contributed by atoms with van der Waals surface area (Å²) in [6, 6.07) is 8.91. The predicted molar refractivity (Wildman–Crippen MR) is 88.4 cm³/mol. The van der Waals surface area contributed by atoms with E-state index in [1.54, 1.807) is 0 Å². The highest BCUT2D eigenvalue weighted by Gasteiger charge is 2.19. The van der Waals surface area contributed by atoms with Gasteiger partial charge in [-0.3, -0.25) is 4.90 Å². The van der Waals surface area contributed by atoms with Gasteiger partial charge in [-0.1, -0.05) is 37.1 Å². The first-order valence-corrected chi connectivity index (χ1v) is 7.87. The van der Waals surface area contributed by atoms with Crippen LogP contribution in [-0.4, -0.2) is 37.6 Å². The van der Waals surface area contributed by atoms with Crippen molar-refractivity contribution in [1.29, 1.82) is 0 Å². The number of piperazine rings is 1. The summed E-state index contributed by atoms with van der Waals surface area (Å²) in [4.78, 5) is 5.12. The summed E-state index contributed by atoms with van der Waals surface area (Å²) in [5, 5.41) is 0. The Kier molecular flexibility index (Phi) is 5.66. The predicted octanol–water partition coefficient (Wildman–Crippen LogP) is 3.72. The molecule has 0 radical (unpaired) electrons. The van der Waals surface area contributed by atoms with Crippen molar-refractivity contribution in [3.05, 3.63) is 42.5 Å². The summed E-state index contributed by atoms with van der Waals surface area (Å²) < 4.78 is 0. The molecule has 1 fully saturated rings.